The third kappa shape index (κ3) is 4.63. The maximum absolute atomic E-state index is 12.0. The van der Waals surface area contributed by atoms with Gasteiger partial charge in [-0.15, -0.1) is 0 Å². The molecule has 1 aliphatic rings. The van der Waals surface area contributed by atoms with E-state index in [1.807, 2.05) is 6.92 Å². The van der Waals surface area contributed by atoms with Gasteiger partial charge in [-0.1, -0.05) is 0 Å². The predicted octanol–water partition coefficient (Wildman–Crippen LogP) is 2.56. The lowest BCUT2D eigenvalue weighted by Gasteiger charge is -2.15. The molecular formula is C14H17F3N2O2. The Hall–Kier alpha value is -1.76. The van der Waals surface area contributed by atoms with E-state index in [9.17, 15) is 18.0 Å². The van der Waals surface area contributed by atoms with Crippen LogP contribution >= 0.6 is 0 Å². The number of hydrogen-bond donors (Lipinski definition) is 2. The van der Waals surface area contributed by atoms with Crippen LogP contribution in [0.5, 0.6) is 5.75 Å². The number of benzene rings is 1. The summed E-state index contributed by atoms with van der Waals surface area (Å²) in [6, 6.07) is 5.97. The molecule has 2 N–H and O–H groups in total. The predicted molar refractivity (Wildman–Crippen MR) is 72.2 cm³/mol. The first-order chi connectivity index (χ1) is 9.85. The molecule has 0 spiro atoms. The van der Waals surface area contributed by atoms with Crippen LogP contribution < -0.4 is 15.4 Å². The molecule has 2 atom stereocenters. The van der Waals surface area contributed by atoms with Crippen molar-refractivity contribution < 1.29 is 22.7 Å². The fraction of sp³-hybridized carbons (Fsp3) is 0.500. The van der Waals surface area contributed by atoms with Crippen LogP contribution in [-0.4, -0.2) is 31.3 Å². The minimum absolute atomic E-state index is 0.0866. The number of hydrogen-bond acceptors (Lipinski definition) is 3. The third-order valence-corrected chi connectivity index (χ3v) is 3.39. The van der Waals surface area contributed by atoms with E-state index in [1.165, 1.54) is 24.3 Å². The SMILES string of the molecule is CC1NCCC1C(=O)Nc1ccc(OCC(F)(F)F)cc1. The molecule has 1 fully saturated rings. The van der Waals surface area contributed by atoms with Crippen molar-refractivity contribution in [2.24, 2.45) is 5.92 Å². The molecule has 116 valence electrons. The lowest BCUT2D eigenvalue weighted by atomic mass is 10.0. The second-order valence-electron chi connectivity index (χ2n) is 5.06. The van der Waals surface area contributed by atoms with Gasteiger partial charge in [-0.3, -0.25) is 4.79 Å². The monoisotopic (exact) mass is 302 g/mol. The number of halogens is 3. The normalized spacial score (nSPS) is 22.1. The molecule has 7 heteroatoms. The van der Waals surface area contributed by atoms with Crippen LogP contribution in [0.1, 0.15) is 13.3 Å². The first kappa shape index (κ1) is 15.6. The van der Waals surface area contributed by atoms with Gasteiger partial charge in [0.1, 0.15) is 5.75 Å². The lowest BCUT2D eigenvalue weighted by molar-refractivity contribution is -0.153. The van der Waals surface area contributed by atoms with Crippen LogP contribution in [0.3, 0.4) is 0 Å². The molecule has 21 heavy (non-hydrogen) atoms. The zero-order valence-electron chi connectivity index (χ0n) is 11.5. The summed E-state index contributed by atoms with van der Waals surface area (Å²) in [5.41, 5.74) is 0.540. The molecule has 1 aliphatic heterocycles. The van der Waals surface area contributed by atoms with Crippen LogP contribution in [0, 0.1) is 5.92 Å². The largest absolute Gasteiger partial charge is 0.484 e. The van der Waals surface area contributed by atoms with Crippen molar-refractivity contribution in [3.05, 3.63) is 24.3 Å². The van der Waals surface area contributed by atoms with E-state index in [1.54, 1.807) is 0 Å². The number of amides is 1. The molecular weight excluding hydrogens is 285 g/mol. The maximum Gasteiger partial charge on any atom is 0.422 e. The summed E-state index contributed by atoms with van der Waals surface area (Å²) in [6.45, 7) is 1.43. The number of carbonyl (C=O) groups excluding carboxylic acids is 1. The highest BCUT2D eigenvalue weighted by molar-refractivity contribution is 5.93. The molecule has 1 aromatic carbocycles. The molecule has 0 aromatic heterocycles. The van der Waals surface area contributed by atoms with Gasteiger partial charge in [-0.2, -0.15) is 13.2 Å². The van der Waals surface area contributed by atoms with E-state index in [2.05, 4.69) is 15.4 Å². The van der Waals surface area contributed by atoms with Crippen molar-refractivity contribution in [2.75, 3.05) is 18.5 Å². The number of ether oxygens (including phenoxy) is 1. The first-order valence-corrected chi connectivity index (χ1v) is 6.69. The summed E-state index contributed by atoms with van der Waals surface area (Å²) >= 11 is 0. The van der Waals surface area contributed by atoms with Gasteiger partial charge >= 0.3 is 6.18 Å². The van der Waals surface area contributed by atoms with Crippen LogP contribution in [0.4, 0.5) is 18.9 Å². The van der Waals surface area contributed by atoms with Crippen molar-refractivity contribution in [1.82, 2.24) is 5.32 Å². The van der Waals surface area contributed by atoms with E-state index in [4.69, 9.17) is 0 Å². The van der Waals surface area contributed by atoms with Gasteiger partial charge < -0.3 is 15.4 Å². The Morgan fingerprint density at radius 3 is 2.57 bits per heavy atom. The second-order valence-corrected chi connectivity index (χ2v) is 5.06. The fourth-order valence-corrected chi connectivity index (χ4v) is 2.25. The summed E-state index contributed by atoms with van der Waals surface area (Å²) in [7, 11) is 0. The molecule has 2 rings (SSSR count). The summed E-state index contributed by atoms with van der Waals surface area (Å²) in [5, 5.41) is 5.95. The Bertz CT molecular complexity index is 488. The first-order valence-electron chi connectivity index (χ1n) is 6.69. The van der Waals surface area contributed by atoms with Crippen LogP contribution in [0.25, 0.3) is 0 Å². The van der Waals surface area contributed by atoms with Crippen LogP contribution in [0.2, 0.25) is 0 Å². The van der Waals surface area contributed by atoms with Crippen LogP contribution in [0.15, 0.2) is 24.3 Å². The van der Waals surface area contributed by atoms with E-state index in [0.29, 0.717) is 5.69 Å². The van der Waals surface area contributed by atoms with Gasteiger partial charge in [0.15, 0.2) is 6.61 Å². The van der Waals surface area contributed by atoms with Crippen molar-refractivity contribution in [2.45, 2.75) is 25.6 Å². The topological polar surface area (TPSA) is 50.4 Å². The zero-order valence-corrected chi connectivity index (χ0v) is 11.5. The minimum Gasteiger partial charge on any atom is -0.484 e. The van der Waals surface area contributed by atoms with Crippen molar-refractivity contribution >= 4 is 11.6 Å². The molecule has 1 saturated heterocycles. The van der Waals surface area contributed by atoms with Gasteiger partial charge in [0, 0.05) is 11.7 Å². The minimum atomic E-state index is -4.36. The van der Waals surface area contributed by atoms with Crippen LogP contribution in [-0.2, 0) is 4.79 Å². The molecule has 0 radical (unpaired) electrons. The number of anilines is 1. The van der Waals surface area contributed by atoms with Crippen molar-refractivity contribution in [3.8, 4) is 5.75 Å². The molecule has 1 amide bonds. The highest BCUT2D eigenvalue weighted by Crippen LogP contribution is 2.22. The Kier molecular flexibility index (Phi) is 4.72. The van der Waals surface area contributed by atoms with Gasteiger partial charge in [0.05, 0.1) is 5.92 Å². The Balaban J connectivity index is 1.89. The zero-order chi connectivity index (χ0) is 15.5. The highest BCUT2D eigenvalue weighted by atomic mass is 19.4. The molecule has 4 nitrogen and oxygen atoms in total. The number of alkyl halides is 3. The summed E-state index contributed by atoms with van der Waals surface area (Å²) in [5.74, 6) is -0.0659. The summed E-state index contributed by atoms with van der Waals surface area (Å²) in [6.07, 6.45) is -3.59. The molecule has 2 unspecified atom stereocenters. The van der Waals surface area contributed by atoms with E-state index >= 15 is 0 Å². The number of nitrogens with one attached hydrogen (secondary N) is 2. The lowest BCUT2D eigenvalue weighted by Crippen LogP contribution is -2.32. The highest BCUT2D eigenvalue weighted by Gasteiger charge is 2.29. The van der Waals surface area contributed by atoms with E-state index < -0.39 is 12.8 Å². The molecule has 0 bridgehead atoms. The summed E-state index contributed by atoms with van der Waals surface area (Å²) in [4.78, 5) is 12.0. The van der Waals surface area contributed by atoms with Crippen molar-refractivity contribution in [3.63, 3.8) is 0 Å². The van der Waals surface area contributed by atoms with Gasteiger partial charge in [0.25, 0.3) is 0 Å². The Morgan fingerprint density at radius 1 is 1.38 bits per heavy atom. The van der Waals surface area contributed by atoms with E-state index in [-0.39, 0.29) is 23.6 Å². The third-order valence-electron chi connectivity index (χ3n) is 3.39. The number of rotatable bonds is 4. The van der Waals surface area contributed by atoms with Gasteiger partial charge in [0.2, 0.25) is 5.91 Å². The van der Waals surface area contributed by atoms with Gasteiger partial charge in [-0.05, 0) is 44.2 Å². The standard InChI is InChI=1S/C14H17F3N2O2/c1-9-12(6-7-18-9)13(20)19-10-2-4-11(5-3-10)21-8-14(15,16)17/h2-5,9,12,18H,6-8H2,1H3,(H,19,20). The molecule has 1 heterocycles. The molecule has 0 saturated carbocycles. The Morgan fingerprint density at radius 2 is 2.05 bits per heavy atom. The average molecular weight is 302 g/mol. The second kappa shape index (κ2) is 6.34. The quantitative estimate of drug-likeness (QED) is 0.899. The summed E-state index contributed by atoms with van der Waals surface area (Å²) < 4.78 is 40.6. The smallest absolute Gasteiger partial charge is 0.422 e. The molecule has 1 aromatic rings. The fourth-order valence-electron chi connectivity index (χ4n) is 2.25. The molecule has 0 aliphatic carbocycles. The number of carbonyl (C=O) groups is 1. The van der Waals surface area contributed by atoms with Gasteiger partial charge in [-0.25, -0.2) is 0 Å². The Labute approximate surface area is 120 Å². The average Bonchev–Trinajstić information content (AvgIpc) is 2.83. The van der Waals surface area contributed by atoms with Crippen molar-refractivity contribution in [1.29, 1.82) is 0 Å². The maximum atomic E-state index is 12.0. The van der Waals surface area contributed by atoms with E-state index in [0.717, 1.165) is 13.0 Å².